The highest BCUT2D eigenvalue weighted by Gasteiger charge is 2.17. The fourth-order valence-corrected chi connectivity index (χ4v) is 1.35. The molecule has 0 heterocycles. The molecule has 0 aliphatic rings. The van der Waals surface area contributed by atoms with Crippen LogP contribution in [0.1, 0.15) is 52.4 Å². The minimum absolute atomic E-state index is 0.241. The summed E-state index contributed by atoms with van der Waals surface area (Å²) >= 11 is 0. The number of unbranched alkanes of at least 4 members (excludes halogenated alkanes) is 4. The summed E-state index contributed by atoms with van der Waals surface area (Å²) in [4.78, 5) is 22.2. The Morgan fingerprint density at radius 1 is 1.12 bits per heavy atom. The minimum Gasteiger partial charge on any atom is -0.477 e. The number of hydrogen-bond donors (Lipinski definition) is 1. The van der Waals surface area contributed by atoms with Gasteiger partial charge in [-0.3, -0.25) is 0 Å². The predicted octanol–water partition coefficient (Wildman–Crippen LogP) is 2.92. The van der Waals surface area contributed by atoms with Crippen molar-refractivity contribution in [2.45, 2.75) is 52.4 Å². The molecular weight excluding hydrogens is 220 g/mol. The smallest absolute Gasteiger partial charge is 0.345 e. The molecule has 0 rings (SSSR count). The first-order valence-corrected chi connectivity index (χ1v) is 6.24. The van der Waals surface area contributed by atoms with E-state index >= 15 is 0 Å². The van der Waals surface area contributed by atoms with E-state index < -0.39 is 11.9 Å². The van der Waals surface area contributed by atoms with Gasteiger partial charge < -0.3 is 9.84 Å². The van der Waals surface area contributed by atoms with Crippen LogP contribution >= 0.6 is 0 Å². The number of esters is 1. The van der Waals surface area contributed by atoms with Crippen LogP contribution in [0.2, 0.25) is 0 Å². The van der Waals surface area contributed by atoms with E-state index in [1.165, 1.54) is 6.08 Å². The maximum atomic E-state index is 11.4. The zero-order chi connectivity index (χ0) is 13.1. The molecule has 0 aliphatic carbocycles. The van der Waals surface area contributed by atoms with Crippen LogP contribution in [0, 0.1) is 0 Å². The van der Waals surface area contributed by atoms with Crippen LogP contribution < -0.4 is 0 Å². The molecule has 0 radical (unpaired) electrons. The topological polar surface area (TPSA) is 63.6 Å². The average Bonchev–Trinajstić information content (AvgIpc) is 2.30. The second kappa shape index (κ2) is 9.87. The van der Waals surface area contributed by atoms with Crippen molar-refractivity contribution >= 4 is 11.9 Å². The molecular formula is C13H22O4. The van der Waals surface area contributed by atoms with Crippen LogP contribution in [0.3, 0.4) is 0 Å². The van der Waals surface area contributed by atoms with Gasteiger partial charge in [-0.05, 0) is 19.3 Å². The summed E-state index contributed by atoms with van der Waals surface area (Å²) in [6, 6.07) is 0. The Kier molecular flexibility index (Phi) is 9.11. The lowest BCUT2D eigenvalue weighted by atomic mass is 10.1. The van der Waals surface area contributed by atoms with Crippen LogP contribution in [0.15, 0.2) is 11.6 Å². The van der Waals surface area contributed by atoms with Crippen molar-refractivity contribution in [3.63, 3.8) is 0 Å². The number of carboxylic acid groups (broad SMARTS) is 1. The van der Waals surface area contributed by atoms with E-state index in [4.69, 9.17) is 9.84 Å². The lowest BCUT2D eigenvalue weighted by Gasteiger charge is -2.03. The molecule has 4 heteroatoms. The number of rotatable bonds is 9. The van der Waals surface area contributed by atoms with E-state index in [1.54, 1.807) is 0 Å². The number of aliphatic carboxylic acids is 1. The van der Waals surface area contributed by atoms with E-state index in [2.05, 4.69) is 6.92 Å². The zero-order valence-electron chi connectivity index (χ0n) is 10.7. The molecule has 0 aromatic heterocycles. The fraction of sp³-hybridized carbons (Fsp3) is 0.692. The highest BCUT2D eigenvalue weighted by atomic mass is 16.5. The molecule has 0 atom stereocenters. The molecule has 0 unspecified atom stereocenters. The van der Waals surface area contributed by atoms with Crippen molar-refractivity contribution in [1.82, 2.24) is 0 Å². The first kappa shape index (κ1) is 15.7. The van der Waals surface area contributed by atoms with Gasteiger partial charge in [0.25, 0.3) is 0 Å². The van der Waals surface area contributed by atoms with Gasteiger partial charge in [0.1, 0.15) is 5.57 Å². The molecule has 0 aliphatic heterocycles. The highest BCUT2D eigenvalue weighted by Crippen LogP contribution is 2.07. The van der Waals surface area contributed by atoms with E-state index in [-0.39, 0.29) is 12.2 Å². The zero-order valence-corrected chi connectivity index (χ0v) is 10.7. The summed E-state index contributed by atoms with van der Waals surface area (Å²) in [7, 11) is 0. The van der Waals surface area contributed by atoms with Crippen molar-refractivity contribution in [2.75, 3.05) is 6.61 Å². The molecule has 0 saturated carbocycles. The Bertz CT molecular complexity index is 269. The van der Waals surface area contributed by atoms with Crippen molar-refractivity contribution in [2.24, 2.45) is 0 Å². The first-order valence-electron chi connectivity index (χ1n) is 6.24. The standard InChI is InChI=1S/C13H22O4/c1-3-5-6-7-8-9-11(12(14)15)13(16)17-10-4-2/h9H,3-8,10H2,1-2H3,(H,14,15). The lowest BCUT2D eigenvalue weighted by molar-refractivity contribution is -0.144. The minimum atomic E-state index is -1.21. The Morgan fingerprint density at radius 3 is 2.35 bits per heavy atom. The molecule has 17 heavy (non-hydrogen) atoms. The second-order valence-corrected chi connectivity index (χ2v) is 3.91. The third-order valence-corrected chi connectivity index (χ3v) is 2.29. The predicted molar refractivity (Wildman–Crippen MR) is 65.7 cm³/mol. The number of carbonyl (C=O) groups is 2. The lowest BCUT2D eigenvalue weighted by Crippen LogP contribution is -2.15. The summed E-state index contributed by atoms with van der Waals surface area (Å²) in [5.74, 6) is -1.93. The summed E-state index contributed by atoms with van der Waals surface area (Å²) in [6.45, 7) is 4.24. The molecule has 0 amide bonds. The SMILES string of the molecule is CCCCCCC=C(C(=O)O)C(=O)OCCC. The molecule has 1 N–H and O–H groups in total. The van der Waals surface area contributed by atoms with E-state index in [0.717, 1.165) is 25.7 Å². The molecule has 98 valence electrons. The number of carboxylic acids is 1. The second-order valence-electron chi connectivity index (χ2n) is 3.91. The van der Waals surface area contributed by atoms with Gasteiger partial charge in [-0.15, -0.1) is 0 Å². The van der Waals surface area contributed by atoms with Gasteiger partial charge in [0.05, 0.1) is 6.61 Å². The largest absolute Gasteiger partial charge is 0.477 e. The van der Waals surface area contributed by atoms with Crippen LogP contribution in [0.4, 0.5) is 0 Å². The maximum absolute atomic E-state index is 11.4. The number of allylic oxidation sites excluding steroid dienone is 1. The molecule has 0 spiro atoms. The van der Waals surface area contributed by atoms with Crippen molar-refractivity contribution in [3.05, 3.63) is 11.6 Å². The first-order chi connectivity index (χ1) is 8.13. The fourth-order valence-electron chi connectivity index (χ4n) is 1.35. The normalized spacial score (nSPS) is 11.3. The molecule has 0 aromatic carbocycles. The Balaban J connectivity index is 4.17. The van der Waals surface area contributed by atoms with Gasteiger partial charge in [-0.2, -0.15) is 0 Å². The van der Waals surface area contributed by atoms with Crippen molar-refractivity contribution in [1.29, 1.82) is 0 Å². The summed E-state index contributed by atoms with van der Waals surface area (Å²) in [5, 5.41) is 8.88. The third-order valence-electron chi connectivity index (χ3n) is 2.29. The summed E-state index contributed by atoms with van der Waals surface area (Å²) in [5.41, 5.74) is -0.241. The Morgan fingerprint density at radius 2 is 1.82 bits per heavy atom. The van der Waals surface area contributed by atoms with Gasteiger partial charge in [-0.25, -0.2) is 9.59 Å². The van der Waals surface area contributed by atoms with E-state index in [1.807, 2.05) is 6.92 Å². The average molecular weight is 242 g/mol. The van der Waals surface area contributed by atoms with Gasteiger partial charge in [-0.1, -0.05) is 39.2 Å². The maximum Gasteiger partial charge on any atom is 0.345 e. The molecule has 0 saturated heterocycles. The molecule has 4 nitrogen and oxygen atoms in total. The van der Waals surface area contributed by atoms with Crippen LogP contribution in [0.25, 0.3) is 0 Å². The van der Waals surface area contributed by atoms with Crippen LogP contribution in [0.5, 0.6) is 0 Å². The number of hydrogen-bond acceptors (Lipinski definition) is 3. The van der Waals surface area contributed by atoms with Gasteiger partial charge in [0.2, 0.25) is 0 Å². The molecule has 0 fully saturated rings. The monoisotopic (exact) mass is 242 g/mol. The van der Waals surface area contributed by atoms with E-state index in [0.29, 0.717) is 12.8 Å². The van der Waals surface area contributed by atoms with Gasteiger partial charge in [0.15, 0.2) is 0 Å². The van der Waals surface area contributed by atoms with E-state index in [9.17, 15) is 9.59 Å². The quantitative estimate of drug-likeness (QED) is 0.222. The number of ether oxygens (including phenoxy) is 1. The Labute approximate surface area is 103 Å². The molecule has 0 aromatic rings. The van der Waals surface area contributed by atoms with Gasteiger partial charge in [0, 0.05) is 0 Å². The Hall–Kier alpha value is -1.32. The van der Waals surface area contributed by atoms with Gasteiger partial charge >= 0.3 is 11.9 Å². The third kappa shape index (κ3) is 7.55. The van der Waals surface area contributed by atoms with Crippen molar-refractivity contribution < 1.29 is 19.4 Å². The molecule has 0 bridgehead atoms. The summed E-state index contributed by atoms with van der Waals surface area (Å²) in [6.07, 6.45) is 7.01. The summed E-state index contributed by atoms with van der Waals surface area (Å²) < 4.78 is 4.80. The van der Waals surface area contributed by atoms with Crippen molar-refractivity contribution in [3.8, 4) is 0 Å². The van der Waals surface area contributed by atoms with Crippen LogP contribution in [-0.4, -0.2) is 23.7 Å². The number of carbonyl (C=O) groups excluding carboxylic acids is 1. The highest BCUT2D eigenvalue weighted by molar-refractivity contribution is 6.13. The van der Waals surface area contributed by atoms with Crippen LogP contribution in [-0.2, 0) is 14.3 Å².